The molecule has 0 aliphatic carbocycles. The van der Waals surface area contributed by atoms with Crippen LogP contribution in [-0.2, 0) is 0 Å². The lowest BCUT2D eigenvalue weighted by molar-refractivity contribution is 1.10. The minimum absolute atomic E-state index is 0.557. The standard InChI is InChI=1S/C11H8BrN5/c12-7-2-3-9(13)8(6-7)10-15-16-11-14-4-1-5-17(10)11/h1-6H,13H2. The van der Waals surface area contributed by atoms with Crippen LogP contribution in [-0.4, -0.2) is 19.6 Å². The molecule has 0 aliphatic heterocycles. The van der Waals surface area contributed by atoms with Crippen molar-refractivity contribution in [2.75, 3.05) is 5.73 Å². The molecule has 84 valence electrons. The lowest BCUT2D eigenvalue weighted by Gasteiger charge is -2.04. The highest BCUT2D eigenvalue weighted by atomic mass is 79.9. The zero-order valence-corrected chi connectivity index (χ0v) is 10.3. The Balaban J connectivity index is 2.31. The third kappa shape index (κ3) is 1.66. The average Bonchev–Trinajstić information content (AvgIpc) is 2.76. The van der Waals surface area contributed by atoms with Gasteiger partial charge in [-0.05, 0) is 24.3 Å². The highest BCUT2D eigenvalue weighted by Gasteiger charge is 2.11. The number of benzene rings is 1. The lowest BCUT2D eigenvalue weighted by Crippen LogP contribution is -1.95. The highest BCUT2D eigenvalue weighted by molar-refractivity contribution is 9.10. The van der Waals surface area contributed by atoms with Gasteiger partial charge < -0.3 is 5.73 Å². The minimum Gasteiger partial charge on any atom is -0.398 e. The molecule has 0 atom stereocenters. The van der Waals surface area contributed by atoms with E-state index in [1.54, 1.807) is 10.6 Å². The first-order chi connectivity index (χ1) is 8.25. The molecular formula is C11H8BrN5. The predicted octanol–water partition coefficient (Wildman–Crippen LogP) is 2.14. The molecule has 0 spiro atoms. The second-order valence-corrected chi connectivity index (χ2v) is 4.46. The third-order valence-corrected chi connectivity index (χ3v) is 2.94. The van der Waals surface area contributed by atoms with Gasteiger partial charge in [-0.2, -0.15) is 0 Å². The summed E-state index contributed by atoms with van der Waals surface area (Å²) in [5.74, 6) is 1.24. The second-order valence-electron chi connectivity index (χ2n) is 3.54. The second kappa shape index (κ2) is 3.81. The number of hydrogen-bond donors (Lipinski definition) is 1. The predicted molar refractivity (Wildman–Crippen MR) is 68.3 cm³/mol. The van der Waals surface area contributed by atoms with E-state index >= 15 is 0 Å². The molecule has 2 aromatic heterocycles. The van der Waals surface area contributed by atoms with Crippen LogP contribution in [0.2, 0.25) is 0 Å². The smallest absolute Gasteiger partial charge is 0.255 e. The van der Waals surface area contributed by atoms with Gasteiger partial charge in [0.15, 0.2) is 5.82 Å². The molecule has 0 fully saturated rings. The Labute approximate surface area is 105 Å². The Bertz CT molecular complexity index is 691. The van der Waals surface area contributed by atoms with E-state index < -0.39 is 0 Å². The van der Waals surface area contributed by atoms with Gasteiger partial charge in [0.2, 0.25) is 0 Å². The summed E-state index contributed by atoms with van der Waals surface area (Å²) < 4.78 is 2.75. The Morgan fingerprint density at radius 1 is 1.24 bits per heavy atom. The van der Waals surface area contributed by atoms with Crippen molar-refractivity contribution in [3.05, 3.63) is 41.1 Å². The number of rotatable bonds is 1. The molecule has 0 saturated heterocycles. The molecule has 0 saturated carbocycles. The van der Waals surface area contributed by atoms with Gasteiger partial charge in [0, 0.05) is 28.1 Å². The number of aromatic nitrogens is 4. The first-order valence-electron chi connectivity index (χ1n) is 4.97. The van der Waals surface area contributed by atoms with Crippen LogP contribution in [0.5, 0.6) is 0 Å². The number of hydrogen-bond acceptors (Lipinski definition) is 4. The monoisotopic (exact) mass is 289 g/mol. The third-order valence-electron chi connectivity index (χ3n) is 2.45. The molecule has 2 heterocycles. The van der Waals surface area contributed by atoms with Crippen molar-refractivity contribution in [1.82, 2.24) is 19.6 Å². The van der Waals surface area contributed by atoms with Crippen molar-refractivity contribution in [1.29, 1.82) is 0 Å². The summed E-state index contributed by atoms with van der Waals surface area (Å²) in [6.07, 6.45) is 3.54. The van der Waals surface area contributed by atoms with Crippen LogP contribution in [0.3, 0.4) is 0 Å². The van der Waals surface area contributed by atoms with Gasteiger partial charge >= 0.3 is 0 Å². The summed E-state index contributed by atoms with van der Waals surface area (Å²) in [6.45, 7) is 0. The SMILES string of the molecule is Nc1ccc(Br)cc1-c1nnc2ncccn12. The van der Waals surface area contributed by atoms with Gasteiger partial charge in [-0.25, -0.2) is 4.98 Å². The summed E-state index contributed by atoms with van der Waals surface area (Å²) in [4.78, 5) is 4.12. The Morgan fingerprint density at radius 3 is 3.00 bits per heavy atom. The van der Waals surface area contributed by atoms with E-state index in [-0.39, 0.29) is 0 Å². The number of anilines is 1. The van der Waals surface area contributed by atoms with Crippen LogP contribution in [0, 0.1) is 0 Å². The molecule has 0 unspecified atom stereocenters. The molecule has 3 rings (SSSR count). The van der Waals surface area contributed by atoms with E-state index in [0.717, 1.165) is 10.0 Å². The largest absolute Gasteiger partial charge is 0.398 e. The van der Waals surface area contributed by atoms with E-state index in [9.17, 15) is 0 Å². The van der Waals surface area contributed by atoms with Crippen molar-refractivity contribution in [3.63, 3.8) is 0 Å². The maximum absolute atomic E-state index is 5.95. The van der Waals surface area contributed by atoms with Crippen LogP contribution in [0.1, 0.15) is 0 Å². The number of halogens is 1. The van der Waals surface area contributed by atoms with E-state index in [1.807, 2.05) is 30.5 Å². The normalized spacial score (nSPS) is 10.9. The van der Waals surface area contributed by atoms with Crippen LogP contribution in [0.25, 0.3) is 17.2 Å². The molecule has 6 heteroatoms. The van der Waals surface area contributed by atoms with E-state index in [4.69, 9.17) is 5.73 Å². The van der Waals surface area contributed by atoms with Crippen LogP contribution >= 0.6 is 15.9 Å². The average molecular weight is 290 g/mol. The van der Waals surface area contributed by atoms with E-state index in [1.165, 1.54) is 0 Å². The topological polar surface area (TPSA) is 69.1 Å². The maximum atomic E-state index is 5.95. The number of nitrogens with zero attached hydrogens (tertiary/aromatic N) is 4. The summed E-state index contributed by atoms with van der Waals surface area (Å²) >= 11 is 3.42. The van der Waals surface area contributed by atoms with Crippen molar-refractivity contribution in [2.45, 2.75) is 0 Å². The van der Waals surface area contributed by atoms with Crippen molar-refractivity contribution in [2.24, 2.45) is 0 Å². The maximum Gasteiger partial charge on any atom is 0.255 e. The molecule has 0 aliphatic rings. The quantitative estimate of drug-likeness (QED) is 0.697. The van der Waals surface area contributed by atoms with E-state index in [0.29, 0.717) is 17.3 Å². The Kier molecular flexibility index (Phi) is 2.29. The summed E-state index contributed by atoms with van der Waals surface area (Å²) in [5.41, 5.74) is 7.44. The van der Waals surface area contributed by atoms with Crippen LogP contribution in [0.4, 0.5) is 5.69 Å². The zero-order chi connectivity index (χ0) is 11.8. The molecule has 1 aromatic carbocycles. The fourth-order valence-corrected chi connectivity index (χ4v) is 2.01. The van der Waals surface area contributed by atoms with Crippen molar-refractivity contribution < 1.29 is 0 Å². The van der Waals surface area contributed by atoms with Gasteiger partial charge in [0.05, 0.1) is 0 Å². The van der Waals surface area contributed by atoms with Crippen LogP contribution in [0.15, 0.2) is 41.1 Å². The fourth-order valence-electron chi connectivity index (χ4n) is 1.65. The molecular weight excluding hydrogens is 282 g/mol. The highest BCUT2D eigenvalue weighted by Crippen LogP contribution is 2.27. The molecule has 0 bridgehead atoms. The molecule has 0 amide bonds. The number of nitrogens with two attached hydrogens (primary N) is 1. The van der Waals surface area contributed by atoms with Gasteiger partial charge in [0.1, 0.15) is 0 Å². The molecule has 0 radical (unpaired) electrons. The fraction of sp³-hybridized carbons (Fsp3) is 0. The molecule has 2 N–H and O–H groups in total. The van der Waals surface area contributed by atoms with E-state index in [2.05, 4.69) is 31.1 Å². The Morgan fingerprint density at radius 2 is 2.12 bits per heavy atom. The number of fused-ring (bicyclic) bond motifs is 1. The summed E-state index contributed by atoms with van der Waals surface area (Å²) in [5, 5.41) is 8.11. The first-order valence-corrected chi connectivity index (χ1v) is 5.76. The van der Waals surface area contributed by atoms with Crippen molar-refractivity contribution >= 4 is 27.4 Å². The molecule has 5 nitrogen and oxygen atoms in total. The number of nitrogen functional groups attached to an aromatic ring is 1. The molecule has 3 aromatic rings. The first kappa shape index (κ1) is 10.2. The van der Waals surface area contributed by atoms with Crippen molar-refractivity contribution in [3.8, 4) is 11.4 Å². The van der Waals surface area contributed by atoms with Gasteiger partial charge in [-0.1, -0.05) is 15.9 Å². The summed E-state index contributed by atoms with van der Waals surface area (Å²) in [6, 6.07) is 7.46. The minimum atomic E-state index is 0.557. The van der Waals surface area contributed by atoms with Gasteiger partial charge in [0.25, 0.3) is 5.78 Å². The Hall–Kier alpha value is -1.95. The zero-order valence-electron chi connectivity index (χ0n) is 8.71. The van der Waals surface area contributed by atoms with Gasteiger partial charge in [-0.15, -0.1) is 10.2 Å². The van der Waals surface area contributed by atoms with Crippen LogP contribution < -0.4 is 5.73 Å². The lowest BCUT2D eigenvalue weighted by atomic mass is 10.2. The summed E-state index contributed by atoms with van der Waals surface area (Å²) in [7, 11) is 0. The van der Waals surface area contributed by atoms with Gasteiger partial charge in [-0.3, -0.25) is 4.40 Å². The molecule has 17 heavy (non-hydrogen) atoms.